The van der Waals surface area contributed by atoms with Crippen LogP contribution in [0.2, 0.25) is 5.02 Å². The molecule has 0 saturated carbocycles. The minimum atomic E-state index is -0.749. The van der Waals surface area contributed by atoms with E-state index in [1.807, 2.05) is 25.8 Å². The molecule has 2 aromatic rings. The summed E-state index contributed by atoms with van der Waals surface area (Å²) in [7, 11) is 0. The van der Waals surface area contributed by atoms with E-state index >= 15 is 0 Å². The summed E-state index contributed by atoms with van der Waals surface area (Å²) in [5, 5.41) is 3.24. The molecule has 1 saturated heterocycles. The van der Waals surface area contributed by atoms with Gasteiger partial charge in [-0.2, -0.15) is 0 Å². The van der Waals surface area contributed by atoms with E-state index in [1.54, 1.807) is 24.3 Å². The number of fused-ring (bicyclic) bond motifs is 1. The number of carbonyl (C=O) groups excluding carboxylic acids is 2. The molecule has 0 radical (unpaired) electrons. The van der Waals surface area contributed by atoms with Gasteiger partial charge in [0.15, 0.2) is 5.76 Å². The number of hydrogen-bond donors (Lipinski definition) is 2. The van der Waals surface area contributed by atoms with Crippen molar-refractivity contribution in [2.24, 2.45) is 17.1 Å². The van der Waals surface area contributed by atoms with Crippen LogP contribution < -0.4 is 11.2 Å². The molecular weight excluding hydrogens is 382 g/mol. The summed E-state index contributed by atoms with van der Waals surface area (Å²) in [5.41, 5.74) is 8.54. The molecule has 1 aromatic carbocycles. The van der Waals surface area contributed by atoms with E-state index in [9.17, 15) is 9.59 Å². The van der Waals surface area contributed by atoms with Crippen LogP contribution >= 0.6 is 11.6 Å². The van der Waals surface area contributed by atoms with Crippen molar-refractivity contribution in [2.45, 2.75) is 39.7 Å². The third kappa shape index (κ3) is 4.77. The highest BCUT2D eigenvalue weighted by molar-refractivity contribution is 6.31. The number of ether oxygens (including phenoxy) is 1. The molecule has 1 aromatic heterocycles. The molecule has 2 heterocycles. The fourth-order valence-electron chi connectivity index (χ4n) is 3.74. The van der Waals surface area contributed by atoms with E-state index in [4.69, 9.17) is 26.5 Å². The van der Waals surface area contributed by atoms with Crippen LogP contribution in [-0.4, -0.2) is 36.2 Å². The smallest absolute Gasteiger partial charge is 0.404 e. The van der Waals surface area contributed by atoms with Gasteiger partial charge >= 0.3 is 12.0 Å². The number of nitrogens with zero attached hydrogens (tertiary/aromatic N) is 1. The van der Waals surface area contributed by atoms with Gasteiger partial charge in [0.05, 0.1) is 0 Å². The van der Waals surface area contributed by atoms with Crippen molar-refractivity contribution in [2.75, 3.05) is 13.1 Å². The molecule has 0 aliphatic carbocycles. The van der Waals surface area contributed by atoms with Gasteiger partial charge in [-0.25, -0.2) is 9.80 Å². The van der Waals surface area contributed by atoms with E-state index in [-0.39, 0.29) is 29.1 Å². The number of furan rings is 1. The Hall–Kier alpha value is -2.25. The normalized spacial score (nSPS) is 17.4. The first-order chi connectivity index (χ1) is 13.1. The topological polar surface area (TPSA) is 97.8 Å². The maximum Gasteiger partial charge on any atom is 0.404 e. The van der Waals surface area contributed by atoms with Crippen molar-refractivity contribution >= 4 is 34.6 Å². The highest BCUT2D eigenvalue weighted by Gasteiger charge is 2.37. The first-order valence-corrected chi connectivity index (χ1v) is 9.72. The minimum absolute atomic E-state index is 0.189. The Morgan fingerprint density at radius 1 is 1.29 bits per heavy atom. The van der Waals surface area contributed by atoms with E-state index in [2.05, 4.69) is 5.43 Å². The van der Waals surface area contributed by atoms with E-state index in [0.29, 0.717) is 23.7 Å². The number of piperidine rings is 1. The quantitative estimate of drug-likeness (QED) is 0.799. The summed E-state index contributed by atoms with van der Waals surface area (Å²) in [5.74, 6) is 0.129. The van der Waals surface area contributed by atoms with Crippen molar-refractivity contribution in [1.82, 2.24) is 10.4 Å². The monoisotopic (exact) mass is 407 g/mol. The number of halogens is 1. The third-order valence-corrected chi connectivity index (χ3v) is 5.26. The lowest BCUT2D eigenvalue weighted by Gasteiger charge is -2.40. The van der Waals surface area contributed by atoms with Gasteiger partial charge in [-0.1, -0.05) is 32.4 Å². The molecule has 28 heavy (non-hydrogen) atoms. The molecular formula is C20H26ClN3O4. The number of rotatable bonds is 4. The SMILES string of the molecule is CC(C)(C)C(OC(N)=O)C1CCN(NC(=O)c2cc3cc(Cl)ccc3o2)CC1. The lowest BCUT2D eigenvalue weighted by atomic mass is 9.77. The summed E-state index contributed by atoms with van der Waals surface area (Å²) in [6, 6.07) is 6.90. The number of primary amides is 1. The fraction of sp³-hybridized carbons (Fsp3) is 0.500. The van der Waals surface area contributed by atoms with E-state index in [0.717, 1.165) is 18.2 Å². The number of amides is 2. The van der Waals surface area contributed by atoms with Crippen molar-refractivity contribution in [1.29, 1.82) is 0 Å². The van der Waals surface area contributed by atoms with Gasteiger partial charge in [-0.15, -0.1) is 0 Å². The molecule has 1 aliphatic rings. The van der Waals surface area contributed by atoms with Gasteiger partial charge in [-0.3, -0.25) is 10.2 Å². The van der Waals surface area contributed by atoms with Gasteiger partial charge in [-0.05, 0) is 48.4 Å². The molecule has 1 unspecified atom stereocenters. The van der Waals surface area contributed by atoms with Crippen LogP contribution in [0.3, 0.4) is 0 Å². The predicted molar refractivity (Wildman–Crippen MR) is 107 cm³/mol. The molecule has 0 bridgehead atoms. The standard InChI is InChI=1S/C20H26ClN3O4/c1-20(2,3)17(28-19(22)26)12-6-8-24(9-7-12)23-18(25)16-11-13-10-14(21)4-5-15(13)27-16/h4-5,10-12,17H,6-9H2,1-3H3,(H2,22,26)(H,23,25). The van der Waals surface area contributed by atoms with Gasteiger partial charge < -0.3 is 14.9 Å². The molecule has 1 aliphatic heterocycles. The lowest BCUT2D eigenvalue weighted by molar-refractivity contribution is -0.0283. The first kappa shape index (κ1) is 20.5. The van der Waals surface area contributed by atoms with Crippen LogP contribution in [0.25, 0.3) is 11.0 Å². The molecule has 3 rings (SSSR count). The number of hydrogen-bond acceptors (Lipinski definition) is 5. The van der Waals surface area contributed by atoms with Crippen molar-refractivity contribution in [3.8, 4) is 0 Å². The number of benzene rings is 1. The Kier molecular flexibility index (Phi) is 5.86. The summed E-state index contributed by atoms with van der Waals surface area (Å²) < 4.78 is 11.0. The van der Waals surface area contributed by atoms with Crippen LogP contribution in [-0.2, 0) is 4.74 Å². The Labute approximate surface area is 169 Å². The van der Waals surface area contributed by atoms with Crippen molar-refractivity contribution in [3.63, 3.8) is 0 Å². The second-order valence-electron chi connectivity index (χ2n) is 8.28. The zero-order valence-electron chi connectivity index (χ0n) is 16.3. The highest BCUT2D eigenvalue weighted by atomic mass is 35.5. The third-order valence-electron chi connectivity index (χ3n) is 5.03. The summed E-state index contributed by atoms with van der Waals surface area (Å²) in [6.45, 7) is 7.39. The molecule has 1 fully saturated rings. The molecule has 0 spiro atoms. The Balaban J connectivity index is 1.59. The van der Waals surface area contributed by atoms with Gasteiger partial charge in [0.1, 0.15) is 11.7 Å². The maximum atomic E-state index is 12.5. The zero-order valence-corrected chi connectivity index (χ0v) is 17.1. The Morgan fingerprint density at radius 3 is 2.57 bits per heavy atom. The average Bonchev–Trinajstić information content (AvgIpc) is 3.03. The Morgan fingerprint density at radius 2 is 1.96 bits per heavy atom. The van der Waals surface area contributed by atoms with Crippen LogP contribution in [0, 0.1) is 11.3 Å². The molecule has 7 nitrogen and oxygen atoms in total. The summed E-state index contributed by atoms with van der Waals surface area (Å²) in [6.07, 6.45) is 0.555. The largest absolute Gasteiger partial charge is 0.451 e. The number of nitrogens with two attached hydrogens (primary N) is 1. The van der Waals surface area contributed by atoms with Crippen LogP contribution in [0.4, 0.5) is 4.79 Å². The number of nitrogens with one attached hydrogen (secondary N) is 1. The second kappa shape index (κ2) is 8.01. The van der Waals surface area contributed by atoms with Gasteiger partial charge in [0.25, 0.3) is 0 Å². The zero-order chi connectivity index (χ0) is 20.5. The maximum absolute atomic E-state index is 12.5. The number of carbonyl (C=O) groups is 2. The summed E-state index contributed by atoms with van der Waals surface area (Å²) >= 11 is 5.98. The summed E-state index contributed by atoms with van der Waals surface area (Å²) in [4.78, 5) is 23.8. The highest BCUT2D eigenvalue weighted by Crippen LogP contribution is 2.34. The lowest BCUT2D eigenvalue weighted by Crippen LogP contribution is -2.50. The molecule has 2 amide bonds. The number of hydrazine groups is 1. The van der Waals surface area contributed by atoms with Crippen LogP contribution in [0.5, 0.6) is 0 Å². The van der Waals surface area contributed by atoms with E-state index in [1.165, 1.54) is 0 Å². The van der Waals surface area contributed by atoms with E-state index < -0.39 is 6.09 Å². The van der Waals surface area contributed by atoms with Gasteiger partial charge in [0.2, 0.25) is 0 Å². The second-order valence-corrected chi connectivity index (χ2v) is 8.72. The predicted octanol–water partition coefficient (Wildman–Crippen LogP) is 3.95. The molecule has 8 heteroatoms. The Bertz CT molecular complexity index is 866. The van der Waals surface area contributed by atoms with Crippen molar-refractivity contribution < 1.29 is 18.7 Å². The fourth-order valence-corrected chi connectivity index (χ4v) is 3.92. The molecule has 1 atom stereocenters. The van der Waals surface area contributed by atoms with Crippen molar-refractivity contribution in [3.05, 3.63) is 35.0 Å². The first-order valence-electron chi connectivity index (χ1n) is 9.34. The van der Waals surface area contributed by atoms with Gasteiger partial charge in [0, 0.05) is 23.5 Å². The van der Waals surface area contributed by atoms with Crippen LogP contribution in [0.15, 0.2) is 28.7 Å². The molecule has 152 valence electrons. The average molecular weight is 408 g/mol. The minimum Gasteiger partial charge on any atom is -0.451 e. The molecule has 3 N–H and O–H groups in total. The van der Waals surface area contributed by atoms with Crippen LogP contribution in [0.1, 0.15) is 44.2 Å².